The molecule has 7 heteroatoms. The van der Waals surface area contributed by atoms with Crippen molar-refractivity contribution in [1.82, 2.24) is 9.80 Å². The molecule has 2 saturated heterocycles. The third-order valence-electron chi connectivity index (χ3n) is 5.21. The van der Waals surface area contributed by atoms with E-state index < -0.39 is 5.60 Å². The number of likely N-dealkylation sites (tertiary alicyclic amines) is 1. The fourth-order valence-electron chi connectivity index (χ4n) is 3.86. The molecule has 3 aliphatic heterocycles. The minimum Gasteiger partial charge on any atom is -0.489 e. The van der Waals surface area contributed by atoms with E-state index in [1.807, 2.05) is 26.8 Å². The van der Waals surface area contributed by atoms with Gasteiger partial charge in [-0.25, -0.2) is 4.79 Å². The van der Waals surface area contributed by atoms with Gasteiger partial charge in [0.2, 0.25) is 0 Å². The van der Waals surface area contributed by atoms with Crippen LogP contribution in [0.4, 0.5) is 10.5 Å². The van der Waals surface area contributed by atoms with Crippen LogP contribution in [-0.4, -0.2) is 72.9 Å². The van der Waals surface area contributed by atoms with Gasteiger partial charge in [-0.2, -0.15) is 0 Å². The summed E-state index contributed by atoms with van der Waals surface area (Å²) < 4.78 is 12.5. The number of nitrogens with zero attached hydrogens (tertiary/aromatic N) is 3. The van der Waals surface area contributed by atoms with E-state index in [1.54, 1.807) is 4.90 Å². The lowest BCUT2D eigenvalue weighted by Gasteiger charge is -2.51. The molecule has 2 fully saturated rings. The molecular weight excluding hydrogens is 398 g/mol. The number of amides is 1. The van der Waals surface area contributed by atoms with Gasteiger partial charge in [0.15, 0.2) is 0 Å². The van der Waals surface area contributed by atoms with Crippen LogP contribution in [0.2, 0.25) is 0 Å². The van der Waals surface area contributed by atoms with Crippen LogP contribution < -0.4 is 9.64 Å². The first-order valence-corrected chi connectivity index (χ1v) is 10.0. The van der Waals surface area contributed by atoms with Crippen molar-refractivity contribution < 1.29 is 14.3 Å². The van der Waals surface area contributed by atoms with Gasteiger partial charge >= 0.3 is 6.09 Å². The van der Waals surface area contributed by atoms with E-state index in [4.69, 9.17) is 9.47 Å². The minimum absolute atomic E-state index is 0.201. The number of hydrogen-bond donors (Lipinski definition) is 0. The predicted molar refractivity (Wildman–Crippen MR) is 104 cm³/mol. The maximum Gasteiger partial charge on any atom is 0.410 e. The first kappa shape index (κ1) is 17.9. The number of halogens is 1. The normalized spacial score (nSPS) is 23.6. The van der Waals surface area contributed by atoms with Gasteiger partial charge in [-0.3, -0.25) is 4.90 Å². The molecule has 3 aliphatic rings. The van der Waals surface area contributed by atoms with Gasteiger partial charge in [-0.05, 0) is 39.0 Å². The predicted octanol–water partition coefficient (Wildman–Crippen LogP) is 2.95. The van der Waals surface area contributed by atoms with Crippen LogP contribution in [0.1, 0.15) is 20.8 Å². The number of piperazine rings is 1. The van der Waals surface area contributed by atoms with Gasteiger partial charge in [-0.15, -0.1) is 0 Å². The summed E-state index contributed by atoms with van der Waals surface area (Å²) in [7, 11) is 0. The second-order valence-corrected chi connectivity index (χ2v) is 9.22. The monoisotopic (exact) mass is 423 g/mol. The van der Waals surface area contributed by atoms with Crippen LogP contribution in [0.25, 0.3) is 0 Å². The van der Waals surface area contributed by atoms with Crippen molar-refractivity contribution in [3.8, 4) is 5.75 Å². The SMILES string of the molecule is CC(C)(C)OC(=O)N1CC(N2CCN3c4ccc(Br)cc4OC[C@H]3C2)C1. The Morgan fingerprint density at radius 2 is 1.96 bits per heavy atom. The number of ether oxygens (including phenoxy) is 2. The van der Waals surface area contributed by atoms with Crippen LogP contribution in [0.5, 0.6) is 5.75 Å². The van der Waals surface area contributed by atoms with E-state index in [2.05, 4.69) is 37.9 Å². The van der Waals surface area contributed by atoms with Gasteiger partial charge < -0.3 is 19.3 Å². The van der Waals surface area contributed by atoms with Gasteiger partial charge in [0.1, 0.15) is 18.0 Å². The third-order valence-corrected chi connectivity index (χ3v) is 5.70. The lowest BCUT2D eigenvalue weighted by Crippen LogP contribution is -2.67. The van der Waals surface area contributed by atoms with Crippen LogP contribution >= 0.6 is 15.9 Å². The molecule has 0 radical (unpaired) electrons. The van der Waals surface area contributed by atoms with E-state index >= 15 is 0 Å². The summed E-state index contributed by atoms with van der Waals surface area (Å²) in [4.78, 5) is 18.9. The molecule has 1 aromatic rings. The molecule has 6 nitrogen and oxygen atoms in total. The van der Waals surface area contributed by atoms with Crippen molar-refractivity contribution in [2.75, 3.05) is 44.2 Å². The second kappa shape index (κ2) is 6.60. The average molecular weight is 424 g/mol. The molecule has 0 saturated carbocycles. The van der Waals surface area contributed by atoms with Gasteiger partial charge in [0, 0.05) is 43.2 Å². The number of fused-ring (bicyclic) bond motifs is 3. The smallest absolute Gasteiger partial charge is 0.410 e. The molecule has 4 rings (SSSR count). The molecule has 1 amide bonds. The summed E-state index contributed by atoms with van der Waals surface area (Å²) in [5.41, 5.74) is 0.753. The van der Waals surface area contributed by atoms with Crippen molar-refractivity contribution >= 4 is 27.7 Å². The molecule has 1 aromatic carbocycles. The summed E-state index contributed by atoms with van der Waals surface area (Å²) >= 11 is 3.51. The number of carbonyl (C=O) groups is 1. The molecule has 1 atom stereocenters. The molecule has 3 heterocycles. The van der Waals surface area contributed by atoms with Crippen LogP contribution in [0.3, 0.4) is 0 Å². The number of carbonyl (C=O) groups excluding carboxylic acids is 1. The summed E-state index contributed by atoms with van der Waals surface area (Å²) in [6.45, 7) is 10.9. The number of hydrogen-bond acceptors (Lipinski definition) is 5. The molecular formula is C19H26BrN3O3. The third kappa shape index (κ3) is 3.51. The molecule has 26 heavy (non-hydrogen) atoms. The highest BCUT2D eigenvalue weighted by atomic mass is 79.9. The Morgan fingerprint density at radius 1 is 1.19 bits per heavy atom. The molecule has 0 aromatic heterocycles. The van der Waals surface area contributed by atoms with Crippen LogP contribution in [-0.2, 0) is 4.74 Å². The molecule has 0 spiro atoms. The highest BCUT2D eigenvalue weighted by molar-refractivity contribution is 9.10. The van der Waals surface area contributed by atoms with Gasteiger partial charge in [-0.1, -0.05) is 15.9 Å². The zero-order chi connectivity index (χ0) is 18.5. The maximum absolute atomic E-state index is 12.1. The Labute approximate surface area is 163 Å². The highest BCUT2D eigenvalue weighted by Crippen LogP contribution is 2.37. The highest BCUT2D eigenvalue weighted by Gasteiger charge is 2.41. The van der Waals surface area contributed by atoms with E-state index in [1.165, 1.54) is 5.69 Å². The molecule has 0 N–H and O–H groups in total. The summed E-state index contributed by atoms with van der Waals surface area (Å²) in [6, 6.07) is 7.04. The Balaban J connectivity index is 1.33. The number of anilines is 1. The van der Waals surface area contributed by atoms with E-state index in [-0.39, 0.29) is 6.09 Å². The first-order valence-electron chi connectivity index (χ1n) is 9.21. The number of rotatable bonds is 1. The molecule has 0 bridgehead atoms. The van der Waals surface area contributed by atoms with Crippen LogP contribution in [0.15, 0.2) is 22.7 Å². The summed E-state index contributed by atoms with van der Waals surface area (Å²) in [6.07, 6.45) is -0.201. The lowest BCUT2D eigenvalue weighted by molar-refractivity contribution is -0.0202. The summed E-state index contributed by atoms with van der Waals surface area (Å²) in [5, 5.41) is 0. The Hall–Kier alpha value is -1.47. The number of benzene rings is 1. The topological polar surface area (TPSA) is 45.2 Å². The Morgan fingerprint density at radius 3 is 2.69 bits per heavy atom. The van der Waals surface area contributed by atoms with Crippen molar-refractivity contribution in [3.63, 3.8) is 0 Å². The van der Waals surface area contributed by atoms with E-state index in [0.717, 1.165) is 42.9 Å². The van der Waals surface area contributed by atoms with Crippen molar-refractivity contribution in [3.05, 3.63) is 22.7 Å². The second-order valence-electron chi connectivity index (χ2n) is 8.30. The Bertz CT molecular complexity index is 700. The fourth-order valence-corrected chi connectivity index (χ4v) is 4.20. The molecule has 0 aliphatic carbocycles. The van der Waals surface area contributed by atoms with E-state index in [0.29, 0.717) is 18.7 Å². The Kier molecular flexibility index (Phi) is 4.55. The van der Waals surface area contributed by atoms with Crippen molar-refractivity contribution in [2.45, 2.75) is 38.5 Å². The lowest BCUT2D eigenvalue weighted by atomic mass is 10.0. The van der Waals surface area contributed by atoms with Crippen LogP contribution in [0, 0.1) is 0 Å². The van der Waals surface area contributed by atoms with Gasteiger partial charge in [0.05, 0.1) is 11.7 Å². The fraction of sp³-hybridized carbons (Fsp3) is 0.632. The molecule has 142 valence electrons. The summed E-state index contributed by atoms with van der Waals surface area (Å²) in [5.74, 6) is 0.962. The first-order chi connectivity index (χ1) is 12.3. The minimum atomic E-state index is -0.435. The van der Waals surface area contributed by atoms with E-state index in [9.17, 15) is 4.79 Å². The van der Waals surface area contributed by atoms with Gasteiger partial charge in [0.25, 0.3) is 0 Å². The molecule has 0 unspecified atom stereocenters. The quantitative estimate of drug-likeness (QED) is 0.694. The van der Waals surface area contributed by atoms with Crippen molar-refractivity contribution in [1.29, 1.82) is 0 Å². The van der Waals surface area contributed by atoms with Crippen molar-refractivity contribution in [2.24, 2.45) is 0 Å². The average Bonchev–Trinajstić information content (AvgIpc) is 2.51. The largest absolute Gasteiger partial charge is 0.489 e. The zero-order valence-corrected chi connectivity index (χ0v) is 17.2. The standard InChI is InChI=1S/C19H26BrN3O3/c1-19(2,3)26-18(24)22-9-14(10-22)21-6-7-23-15(11-21)12-25-17-8-13(20)4-5-16(17)23/h4-5,8,14-15H,6-7,9-12H2,1-3H3/t15-/m1/s1. The maximum atomic E-state index is 12.1. The zero-order valence-electron chi connectivity index (χ0n) is 15.6.